The predicted molar refractivity (Wildman–Crippen MR) is 50.9 cm³/mol. The molecular formula is C7H11N2SSn. The van der Waals surface area contributed by atoms with E-state index in [2.05, 4.69) is 25.9 Å². The van der Waals surface area contributed by atoms with Crippen LogP contribution in [0.15, 0.2) is 17.4 Å². The Kier molecular flexibility index (Phi) is 3.64. The normalized spacial score (nSPS) is 10.5. The molecule has 1 aromatic rings. The van der Waals surface area contributed by atoms with Gasteiger partial charge in [-0.05, 0) is 0 Å². The molecule has 0 bridgehead atoms. The summed E-state index contributed by atoms with van der Waals surface area (Å²) < 4.78 is 1.31. The van der Waals surface area contributed by atoms with E-state index in [-0.39, 0.29) is 0 Å². The summed E-state index contributed by atoms with van der Waals surface area (Å²) in [6.45, 7) is 0. The van der Waals surface area contributed by atoms with E-state index < -0.39 is 19.8 Å². The van der Waals surface area contributed by atoms with Crippen LogP contribution in [0, 0.1) is 0 Å². The summed E-state index contributed by atoms with van der Waals surface area (Å²) >= 11 is 0.365. The quantitative estimate of drug-likeness (QED) is 0.460. The maximum atomic E-state index is 4.43. The minimum absolute atomic E-state index is 0.907. The van der Waals surface area contributed by atoms with Crippen molar-refractivity contribution in [3.63, 3.8) is 0 Å². The Morgan fingerprint density at radius 2 is 2.18 bits per heavy atom. The minimum atomic E-state index is -1.24. The first kappa shape index (κ1) is 9.32. The molecule has 0 saturated heterocycles. The Hall–Kier alpha value is 0.229. The molecule has 1 heterocycles. The summed E-state index contributed by atoms with van der Waals surface area (Å²) in [5.74, 6) is 0. The van der Waals surface area contributed by atoms with Gasteiger partial charge < -0.3 is 0 Å². The van der Waals surface area contributed by atoms with Gasteiger partial charge >= 0.3 is 78.8 Å². The molecule has 0 atom stereocenters. The molecule has 0 amide bonds. The number of nitrogens with zero attached hydrogens (tertiary/aromatic N) is 2. The molecule has 2 nitrogen and oxygen atoms in total. The van der Waals surface area contributed by atoms with Gasteiger partial charge in [0, 0.05) is 0 Å². The van der Waals surface area contributed by atoms with Gasteiger partial charge in [0.05, 0.1) is 0 Å². The monoisotopic (exact) mass is 275 g/mol. The molecule has 59 valence electrons. The van der Waals surface area contributed by atoms with Crippen LogP contribution >= 0.6 is 11.8 Å². The Morgan fingerprint density at radius 3 is 2.73 bits per heavy atom. The number of thioether (sulfide) groups is 1. The van der Waals surface area contributed by atoms with Gasteiger partial charge in [0.15, 0.2) is 0 Å². The van der Waals surface area contributed by atoms with Gasteiger partial charge in [-0.3, -0.25) is 0 Å². The fourth-order valence-corrected chi connectivity index (χ4v) is 3.41. The van der Waals surface area contributed by atoms with E-state index in [9.17, 15) is 0 Å². The molecule has 0 aliphatic carbocycles. The molecule has 0 spiro atoms. The molecule has 0 fully saturated rings. The molecule has 1 aromatic heterocycles. The first-order valence-corrected chi connectivity index (χ1v) is 11.8. The summed E-state index contributed by atoms with van der Waals surface area (Å²) in [6.07, 6.45) is 3.87. The van der Waals surface area contributed by atoms with Crippen LogP contribution in [0.4, 0.5) is 0 Å². The second kappa shape index (κ2) is 4.30. The fraction of sp³-hybridized carbons (Fsp3) is 0.429. The van der Waals surface area contributed by atoms with Gasteiger partial charge in [-0.2, -0.15) is 0 Å². The number of rotatable bonds is 2. The van der Waals surface area contributed by atoms with Crippen LogP contribution < -0.4 is 3.71 Å². The van der Waals surface area contributed by atoms with Crippen molar-refractivity contribution in [2.24, 2.45) is 0 Å². The number of hydrogen-bond acceptors (Lipinski definition) is 3. The topological polar surface area (TPSA) is 25.8 Å². The van der Waals surface area contributed by atoms with Crippen LogP contribution in [0.1, 0.15) is 0 Å². The van der Waals surface area contributed by atoms with Crippen molar-refractivity contribution in [2.45, 2.75) is 15.0 Å². The zero-order valence-corrected chi connectivity index (χ0v) is 10.6. The third-order valence-corrected chi connectivity index (χ3v) is 5.61. The second-order valence-corrected chi connectivity index (χ2v) is 10.4. The van der Waals surface area contributed by atoms with Gasteiger partial charge in [-0.1, -0.05) is 0 Å². The van der Waals surface area contributed by atoms with Crippen molar-refractivity contribution in [3.8, 4) is 0 Å². The number of hydrogen-bond donors (Lipinski definition) is 0. The molecule has 0 aliphatic heterocycles. The van der Waals surface area contributed by atoms with Crippen molar-refractivity contribution >= 4 is 35.2 Å². The Labute approximate surface area is 78.6 Å². The third kappa shape index (κ3) is 2.63. The van der Waals surface area contributed by atoms with Gasteiger partial charge in [0.25, 0.3) is 0 Å². The molecule has 11 heavy (non-hydrogen) atoms. The van der Waals surface area contributed by atoms with Crippen molar-refractivity contribution in [1.82, 2.24) is 9.97 Å². The standard InChI is InChI=1S/C5H5N2S.2CH3.Sn/c1-8-5-6-3-2-4-7-5;;;/h2-3H,1H3;2*1H3;. The molecule has 0 unspecified atom stereocenters. The first-order chi connectivity index (χ1) is 5.24. The summed E-state index contributed by atoms with van der Waals surface area (Å²) in [5.41, 5.74) is 0. The Bertz CT molecular complexity index is 240. The van der Waals surface area contributed by atoms with E-state index in [0.29, 0.717) is 0 Å². The molecule has 0 saturated carbocycles. The first-order valence-electron chi connectivity index (χ1n) is 3.41. The van der Waals surface area contributed by atoms with Crippen LogP contribution in [-0.4, -0.2) is 36.0 Å². The average Bonchev–Trinajstić information content (AvgIpc) is 2.05. The Balaban J connectivity index is 2.91. The van der Waals surface area contributed by atoms with Crippen LogP contribution in [-0.2, 0) is 0 Å². The van der Waals surface area contributed by atoms with Crippen molar-refractivity contribution in [3.05, 3.63) is 12.3 Å². The maximum absolute atomic E-state index is 4.43. The third-order valence-electron chi connectivity index (χ3n) is 1.33. The van der Waals surface area contributed by atoms with Crippen molar-refractivity contribution in [1.29, 1.82) is 0 Å². The Morgan fingerprint density at radius 1 is 1.45 bits per heavy atom. The summed E-state index contributed by atoms with van der Waals surface area (Å²) in [6, 6.07) is 2.05. The molecular weight excluding hydrogens is 263 g/mol. The summed E-state index contributed by atoms with van der Waals surface area (Å²) in [5, 5.41) is 0.907. The second-order valence-electron chi connectivity index (χ2n) is 2.43. The van der Waals surface area contributed by atoms with Crippen molar-refractivity contribution < 1.29 is 0 Å². The van der Waals surface area contributed by atoms with Crippen molar-refractivity contribution in [2.75, 3.05) is 6.26 Å². The molecule has 0 N–H and O–H groups in total. The van der Waals surface area contributed by atoms with Gasteiger partial charge in [-0.15, -0.1) is 0 Å². The van der Waals surface area contributed by atoms with Gasteiger partial charge in [0.2, 0.25) is 0 Å². The van der Waals surface area contributed by atoms with E-state index in [1.807, 2.05) is 12.5 Å². The van der Waals surface area contributed by atoms with Crippen LogP contribution in [0.3, 0.4) is 0 Å². The zero-order valence-electron chi connectivity index (χ0n) is 6.96. The predicted octanol–water partition coefficient (Wildman–Crippen LogP) is 1.16. The van der Waals surface area contributed by atoms with Crippen LogP contribution in [0.25, 0.3) is 0 Å². The van der Waals surface area contributed by atoms with Crippen LogP contribution in [0.5, 0.6) is 0 Å². The van der Waals surface area contributed by atoms with E-state index in [0.717, 1.165) is 5.16 Å². The molecule has 4 heteroatoms. The van der Waals surface area contributed by atoms with Crippen LogP contribution in [0.2, 0.25) is 9.88 Å². The molecule has 1 radical (unpaired) electrons. The van der Waals surface area contributed by atoms with E-state index in [1.165, 1.54) is 3.71 Å². The SMILES string of the molecule is CSc1ncc[c]([Sn]([CH3])[CH3])n1. The summed E-state index contributed by atoms with van der Waals surface area (Å²) in [4.78, 5) is 13.2. The van der Waals surface area contributed by atoms with Gasteiger partial charge in [0.1, 0.15) is 0 Å². The molecule has 0 aliphatic rings. The summed E-state index contributed by atoms with van der Waals surface area (Å²) in [7, 11) is 0. The van der Waals surface area contributed by atoms with E-state index >= 15 is 0 Å². The zero-order chi connectivity index (χ0) is 8.27. The number of aromatic nitrogens is 2. The molecule has 1 rings (SSSR count). The molecule has 0 aromatic carbocycles. The fourth-order valence-electron chi connectivity index (χ4n) is 0.718. The average molecular weight is 274 g/mol. The van der Waals surface area contributed by atoms with E-state index in [1.54, 1.807) is 11.8 Å². The van der Waals surface area contributed by atoms with E-state index in [4.69, 9.17) is 0 Å². The van der Waals surface area contributed by atoms with Gasteiger partial charge in [-0.25, -0.2) is 0 Å².